The van der Waals surface area contributed by atoms with Crippen molar-refractivity contribution in [2.45, 2.75) is 6.92 Å². The summed E-state index contributed by atoms with van der Waals surface area (Å²) in [5, 5.41) is 9.30. The molecular formula is C16H17N3O2S. The van der Waals surface area contributed by atoms with Gasteiger partial charge in [0.2, 0.25) is 5.91 Å². The topological polar surface area (TPSA) is 62.4 Å². The van der Waals surface area contributed by atoms with Gasteiger partial charge in [-0.2, -0.15) is 0 Å². The van der Waals surface area contributed by atoms with Crippen LogP contribution in [0.2, 0.25) is 0 Å². The number of benzene rings is 2. The van der Waals surface area contributed by atoms with Gasteiger partial charge in [0.15, 0.2) is 5.11 Å². The first-order valence-electron chi connectivity index (χ1n) is 6.67. The number of thiocarbonyl (C=S) groups is 1. The predicted molar refractivity (Wildman–Crippen MR) is 93.6 cm³/mol. The molecule has 0 unspecified atom stereocenters. The minimum absolute atomic E-state index is 0.138. The lowest BCUT2D eigenvalue weighted by molar-refractivity contribution is -0.114. The maximum Gasteiger partial charge on any atom is 0.221 e. The minimum Gasteiger partial charge on any atom is -0.495 e. The molecule has 1 amide bonds. The molecule has 6 heteroatoms. The number of para-hydroxylation sites is 1. The Bertz CT molecular complexity index is 674. The Morgan fingerprint density at radius 3 is 2.36 bits per heavy atom. The van der Waals surface area contributed by atoms with Gasteiger partial charge in [-0.15, -0.1) is 0 Å². The van der Waals surface area contributed by atoms with E-state index in [9.17, 15) is 4.79 Å². The van der Waals surface area contributed by atoms with Gasteiger partial charge in [0.25, 0.3) is 0 Å². The van der Waals surface area contributed by atoms with E-state index < -0.39 is 0 Å². The molecule has 3 N–H and O–H groups in total. The number of anilines is 3. The van der Waals surface area contributed by atoms with E-state index in [1.54, 1.807) is 25.3 Å². The number of amides is 1. The van der Waals surface area contributed by atoms with Crippen LogP contribution in [0.1, 0.15) is 6.92 Å². The molecule has 2 aromatic carbocycles. The summed E-state index contributed by atoms with van der Waals surface area (Å²) in [5.74, 6) is 0.493. The molecule has 0 aliphatic rings. The highest BCUT2D eigenvalue weighted by atomic mass is 32.1. The molecule has 0 radical (unpaired) electrons. The normalized spacial score (nSPS) is 9.73. The second kappa shape index (κ2) is 7.42. The van der Waals surface area contributed by atoms with Gasteiger partial charge < -0.3 is 20.7 Å². The number of rotatable bonds is 4. The fourth-order valence-corrected chi connectivity index (χ4v) is 2.12. The molecule has 2 rings (SSSR count). The Kier molecular flexibility index (Phi) is 5.32. The quantitative estimate of drug-likeness (QED) is 0.754. The van der Waals surface area contributed by atoms with Crippen molar-refractivity contribution in [2.75, 3.05) is 23.1 Å². The molecule has 22 heavy (non-hydrogen) atoms. The summed E-state index contributed by atoms with van der Waals surface area (Å²) in [7, 11) is 1.58. The van der Waals surface area contributed by atoms with Crippen molar-refractivity contribution in [3.05, 3.63) is 48.5 Å². The average Bonchev–Trinajstić information content (AvgIpc) is 2.48. The summed E-state index contributed by atoms with van der Waals surface area (Å²) in [4.78, 5) is 11.1. The van der Waals surface area contributed by atoms with Crippen LogP contribution in [0.25, 0.3) is 0 Å². The highest BCUT2D eigenvalue weighted by Gasteiger charge is 2.07. The Hall–Kier alpha value is -2.60. The lowest BCUT2D eigenvalue weighted by Gasteiger charge is -2.15. The van der Waals surface area contributed by atoms with Crippen molar-refractivity contribution in [3.63, 3.8) is 0 Å². The number of hydrogen-bond donors (Lipinski definition) is 3. The van der Waals surface area contributed by atoms with Crippen molar-refractivity contribution < 1.29 is 9.53 Å². The number of ether oxygens (including phenoxy) is 1. The van der Waals surface area contributed by atoms with Crippen LogP contribution in [-0.2, 0) is 4.79 Å². The van der Waals surface area contributed by atoms with E-state index in [4.69, 9.17) is 17.0 Å². The zero-order valence-electron chi connectivity index (χ0n) is 12.3. The van der Waals surface area contributed by atoms with Crippen molar-refractivity contribution in [3.8, 4) is 5.75 Å². The van der Waals surface area contributed by atoms with Gasteiger partial charge in [-0.25, -0.2) is 0 Å². The Morgan fingerprint density at radius 2 is 1.73 bits per heavy atom. The highest BCUT2D eigenvalue weighted by molar-refractivity contribution is 7.80. The summed E-state index contributed by atoms with van der Waals surface area (Å²) in [6, 6.07) is 14.9. The van der Waals surface area contributed by atoms with Gasteiger partial charge in [-0.3, -0.25) is 4.79 Å². The molecule has 0 atom stereocenters. The molecule has 5 nitrogen and oxygen atoms in total. The summed E-state index contributed by atoms with van der Waals surface area (Å²) in [6.45, 7) is 1.46. The van der Waals surface area contributed by atoms with E-state index in [1.165, 1.54) is 6.92 Å². The van der Waals surface area contributed by atoms with Gasteiger partial charge >= 0.3 is 0 Å². The lowest BCUT2D eigenvalue weighted by atomic mass is 10.2. The third kappa shape index (κ3) is 4.46. The van der Waals surface area contributed by atoms with Crippen LogP contribution in [0.3, 0.4) is 0 Å². The maximum atomic E-state index is 11.1. The fraction of sp³-hybridized carbons (Fsp3) is 0.125. The van der Waals surface area contributed by atoms with Crippen LogP contribution >= 0.6 is 12.2 Å². The van der Waals surface area contributed by atoms with Crippen molar-refractivity contribution in [1.82, 2.24) is 0 Å². The summed E-state index contributed by atoms with van der Waals surface area (Å²) < 4.78 is 5.29. The molecule has 114 valence electrons. The first-order chi connectivity index (χ1) is 10.6. The number of carbonyl (C=O) groups is 1. The van der Waals surface area contributed by atoms with Gasteiger partial charge in [-0.1, -0.05) is 18.2 Å². The molecule has 2 aromatic rings. The number of methoxy groups -OCH3 is 1. The molecule has 0 saturated heterocycles. The molecule has 0 aliphatic carbocycles. The molecular weight excluding hydrogens is 298 g/mol. The van der Waals surface area contributed by atoms with Gasteiger partial charge in [0.05, 0.1) is 12.8 Å². The van der Waals surface area contributed by atoms with E-state index in [0.29, 0.717) is 22.2 Å². The first-order valence-corrected chi connectivity index (χ1v) is 7.08. The Balaban J connectivity index is 2.12. The number of carbonyl (C=O) groups excluding carboxylic acids is 1. The van der Waals surface area contributed by atoms with Crippen molar-refractivity contribution >= 4 is 40.3 Å². The third-order valence-corrected chi connectivity index (χ3v) is 3.00. The smallest absolute Gasteiger partial charge is 0.221 e. The second-order valence-electron chi connectivity index (χ2n) is 4.54. The van der Waals surface area contributed by atoms with E-state index in [0.717, 1.165) is 5.69 Å². The molecule has 0 bridgehead atoms. The number of nitrogens with one attached hydrogen (secondary N) is 3. The van der Waals surface area contributed by atoms with E-state index in [1.807, 2.05) is 30.3 Å². The standard InChI is InChI=1S/C16H17N3O2S/c1-11(20)17-13-8-9-15(21-2)14(10-13)19-16(22)18-12-6-4-3-5-7-12/h3-10H,1-2H3,(H,17,20)(H2,18,19,22). The second-order valence-corrected chi connectivity index (χ2v) is 4.95. The van der Waals surface area contributed by atoms with E-state index in [-0.39, 0.29) is 5.91 Å². The third-order valence-electron chi connectivity index (χ3n) is 2.80. The van der Waals surface area contributed by atoms with Crippen LogP contribution in [0.4, 0.5) is 17.1 Å². The lowest BCUT2D eigenvalue weighted by Crippen LogP contribution is -2.19. The van der Waals surface area contributed by atoms with Crippen LogP contribution in [0.5, 0.6) is 5.75 Å². The highest BCUT2D eigenvalue weighted by Crippen LogP contribution is 2.28. The molecule has 0 saturated carbocycles. The summed E-state index contributed by atoms with van der Waals surface area (Å²) in [6.07, 6.45) is 0. The van der Waals surface area contributed by atoms with Crippen molar-refractivity contribution in [2.24, 2.45) is 0 Å². The predicted octanol–water partition coefficient (Wildman–Crippen LogP) is 3.46. The SMILES string of the molecule is COc1ccc(NC(C)=O)cc1NC(=S)Nc1ccccc1. The number of hydrogen-bond acceptors (Lipinski definition) is 3. The van der Waals surface area contributed by atoms with E-state index >= 15 is 0 Å². The largest absolute Gasteiger partial charge is 0.495 e. The summed E-state index contributed by atoms with van der Waals surface area (Å²) in [5.41, 5.74) is 2.22. The van der Waals surface area contributed by atoms with Crippen LogP contribution in [0, 0.1) is 0 Å². The average molecular weight is 315 g/mol. The molecule has 0 heterocycles. The van der Waals surface area contributed by atoms with Crippen LogP contribution in [0.15, 0.2) is 48.5 Å². The maximum absolute atomic E-state index is 11.1. The van der Waals surface area contributed by atoms with Crippen LogP contribution < -0.4 is 20.7 Å². The van der Waals surface area contributed by atoms with Crippen molar-refractivity contribution in [1.29, 1.82) is 0 Å². The zero-order chi connectivity index (χ0) is 15.9. The van der Waals surface area contributed by atoms with Crippen LogP contribution in [-0.4, -0.2) is 18.1 Å². The van der Waals surface area contributed by atoms with Gasteiger partial charge in [0, 0.05) is 18.3 Å². The first kappa shape index (κ1) is 15.8. The molecule has 0 aliphatic heterocycles. The summed E-state index contributed by atoms with van der Waals surface area (Å²) >= 11 is 5.29. The van der Waals surface area contributed by atoms with E-state index in [2.05, 4.69) is 16.0 Å². The molecule has 0 aromatic heterocycles. The fourth-order valence-electron chi connectivity index (χ4n) is 1.89. The minimum atomic E-state index is -0.138. The zero-order valence-corrected chi connectivity index (χ0v) is 13.2. The van der Waals surface area contributed by atoms with Gasteiger partial charge in [-0.05, 0) is 42.5 Å². The monoisotopic (exact) mass is 315 g/mol. The Morgan fingerprint density at radius 1 is 1.00 bits per heavy atom. The van der Waals surface area contributed by atoms with Gasteiger partial charge in [0.1, 0.15) is 5.75 Å². The Labute approximate surface area is 134 Å². The molecule has 0 spiro atoms. The molecule has 0 fully saturated rings.